The molecule has 2 rings (SSSR count). The molecule has 1 atom stereocenters. The Balaban J connectivity index is 1.81. The first-order chi connectivity index (χ1) is 12.6. The third-order valence-electron chi connectivity index (χ3n) is 4.65. The molecule has 27 heavy (non-hydrogen) atoms. The summed E-state index contributed by atoms with van der Waals surface area (Å²) in [6.07, 6.45) is 2.63. The number of nitrogens with zero attached hydrogens (tertiary/aromatic N) is 2. The molecule has 0 N–H and O–H groups in total. The minimum atomic E-state index is -0.514. The van der Waals surface area contributed by atoms with E-state index in [4.69, 9.17) is 4.74 Å². The van der Waals surface area contributed by atoms with Crippen LogP contribution in [0, 0.1) is 11.7 Å². The number of benzene rings is 1. The number of hydrogen-bond acceptors (Lipinski definition) is 3. The van der Waals surface area contributed by atoms with E-state index in [-0.39, 0.29) is 23.7 Å². The summed E-state index contributed by atoms with van der Waals surface area (Å²) in [4.78, 5) is 28.2. The summed E-state index contributed by atoms with van der Waals surface area (Å²) in [5.41, 5.74) is 0.447. The Labute approximate surface area is 161 Å². The maximum Gasteiger partial charge on any atom is 0.410 e. The average molecular weight is 378 g/mol. The SMILES string of the molecule is CN(CC1CCCN(C(=O)CCc2ccc(F)cc2)C1)C(=O)OC(C)(C)C. The van der Waals surface area contributed by atoms with Crippen LogP contribution in [0.4, 0.5) is 9.18 Å². The van der Waals surface area contributed by atoms with Gasteiger partial charge in [0.1, 0.15) is 11.4 Å². The van der Waals surface area contributed by atoms with Crippen LogP contribution in [0.25, 0.3) is 0 Å². The molecule has 0 radical (unpaired) electrons. The molecule has 0 saturated carbocycles. The van der Waals surface area contributed by atoms with Gasteiger partial charge in [-0.1, -0.05) is 12.1 Å². The third-order valence-corrected chi connectivity index (χ3v) is 4.65. The molecule has 1 aliphatic heterocycles. The number of piperidine rings is 1. The predicted octanol–water partition coefficient (Wildman–Crippen LogP) is 3.86. The number of amides is 2. The van der Waals surface area contributed by atoms with E-state index in [0.29, 0.717) is 25.9 Å². The molecular formula is C21H31FN2O3. The van der Waals surface area contributed by atoms with Gasteiger partial charge in [-0.25, -0.2) is 9.18 Å². The fourth-order valence-electron chi connectivity index (χ4n) is 3.30. The van der Waals surface area contributed by atoms with E-state index in [1.54, 1.807) is 24.1 Å². The van der Waals surface area contributed by atoms with Gasteiger partial charge in [-0.3, -0.25) is 4.79 Å². The summed E-state index contributed by atoms with van der Waals surface area (Å²) < 4.78 is 18.4. The number of halogens is 1. The van der Waals surface area contributed by atoms with Crippen LogP contribution in [0.1, 0.15) is 45.6 Å². The first-order valence-electron chi connectivity index (χ1n) is 9.60. The van der Waals surface area contributed by atoms with Crippen molar-refractivity contribution in [3.05, 3.63) is 35.6 Å². The van der Waals surface area contributed by atoms with Crippen molar-refractivity contribution in [2.45, 2.75) is 52.1 Å². The summed E-state index contributed by atoms with van der Waals surface area (Å²) in [5, 5.41) is 0. The number of aryl methyl sites for hydroxylation is 1. The molecule has 1 heterocycles. The average Bonchev–Trinajstić information content (AvgIpc) is 2.59. The lowest BCUT2D eigenvalue weighted by atomic mass is 9.97. The van der Waals surface area contributed by atoms with E-state index < -0.39 is 5.60 Å². The minimum absolute atomic E-state index is 0.115. The number of ether oxygens (including phenoxy) is 1. The van der Waals surface area contributed by atoms with Crippen molar-refractivity contribution >= 4 is 12.0 Å². The maximum atomic E-state index is 13.0. The Morgan fingerprint density at radius 2 is 1.93 bits per heavy atom. The fraction of sp³-hybridized carbons (Fsp3) is 0.619. The molecule has 0 aliphatic carbocycles. The van der Waals surface area contributed by atoms with Gasteiger partial charge < -0.3 is 14.5 Å². The van der Waals surface area contributed by atoms with Gasteiger partial charge in [0.2, 0.25) is 5.91 Å². The zero-order valence-electron chi connectivity index (χ0n) is 16.8. The quantitative estimate of drug-likeness (QED) is 0.782. The Bertz CT molecular complexity index is 640. The lowest BCUT2D eigenvalue weighted by Gasteiger charge is -2.35. The summed E-state index contributed by atoms with van der Waals surface area (Å²) in [6.45, 7) is 7.55. The van der Waals surface area contributed by atoms with E-state index in [0.717, 1.165) is 24.9 Å². The molecule has 1 saturated heterocycles. The number of likely N-dealkylation sites (tertiary alicyclic amines) is 1. The van der Waals surface area contributed by atoms with Crippen LogP contribution >= 0.6 is 0 Å². The molecule has 1 aromatic rings. The van der Waals surface area contributed by atoms with Gasteiger partial charge in [0, 0.05) is 33.1 Å². The lowest BCUT2D eigenvalue weighted by molar-refractivity contribution is -0.133. The van der Waals surface area contributed by atoms with Crippen LogP contribution in [-0.4, -0.2) is 54.1 Å². The van der Waals surface area contributed by atoms with Crippen LogP contribution in [0.3, 0.4) is 0 Å². The van der Waals surface area contributed by atoms with Crippen LogP contribution < -0.4 is 0 Å². The van der Waals surface area contributed by atoms with Crippen LogP contribution in [0.15, 0.2) is 24.3 Å². The zero-order valence-corrected chi connectivity index (χ0v) is 16.8. The van der Waals surface area contributed by atoms with E-state index in [2.05, 4.69) is 0 Å². The normalized spacial score (nSPS) is 17.5. The molecule has 0 spiro atoms. The van der Waals surface area contributed by atoms with Crippen molar-refractivity contribution in [2.75, 3.05) is 26.7 Å². The Morgan fingerprint density at radius 1 is 1.26 bits per heavy atom. The van der Waals surface area contributed by atoms with Gasteiger partial charge in [0.05, 0.1) is 0 Å². The van der Waals surface area contributed by atoms with Gasteiger partial charge in [-0.05, 0) is 63.6 Å². The fourth-order valence-corrected chi connectivity index (χ4v) is 3.30. The largest absolute Gasteiger partial charge is 0.444 e. The molecule has 1 aliphatic rings. The molecule has 1 unspecified atom stereocenters. The van der Waals surface area contributed by atoms with Gasteiger partial charge in [0.25, 0.3) is 0 Å². The summed E-state index contributed by atoms with van der Waals surface area (Å²) in [5.74, 6) is 0.105. The highest BCUT2D eigenvalue weighted by atomic mass is 19.1. The van der Waals surface area contributed by atoms with Gasteiger partial charge >= 0.3 is 6.09 Å². The Hall–Kier alpha value is -2.11. The molecule has 2 amide bonds. The highest BCUT2D eigenvalue weighted by Gasteiger charge is 2.27. The van der Waals surface area contributed by atoms with E-state index in [1.807, 2.05) is 25.7 Å². The summed E-state index contributed by atoms with van der Waals surface area (Å²) >= 11 is 0. The second kappa shape index (κ2) is 9.20. The van der Waals surface area contributed by atoms with Crippen molar-refractivity contribution in [1.29, 1.82) is 0 Å². The number of hydrogen-bond donors (Lipinski definition) is 0. The highest BCUT2D eigenvalue weighted by Crippen LogP contribution is 2.20. The first kappa shape index (κ1) is 21.2. The van der Waals surface area contributed by atoms with E-state index >= 15 is 0 Å². The Kier molecular flexibility index (Phi) is 7.22. The third kappa shape index (κ3) is 7.19. The molecule has 1 aromatic carbocycles. The maximum absolute atomic E-state index is 13.0. The van der Waals surface area contributed by atoms with Crippen LogP contribution in [0.5, 0.6) is 0 Å². The van der Waals surface area contributed by atoms with E-state index in [1.165, 1.54) is 12.1 Å². The monoisotopic (exact) mass is 378 g/mol. The van der Waals surface area contributed by atoms with Crippen molar-refractivity contribution < 1.29 is 18.7 Å². The lowest BCUT2D eigenvalue weighted by Crippen LogP contribution is -2.45. The number of carbonyl (C=O) groups is 2. The highest BCUT2D eigenvalue weighted by molar-refractivity contribution is 5.76. The molecule has 5 nitrogen and oxygen atoms in total. The van der Waals surface area contributed by atoms with E-state index in [9.17, 15) is 14.0 Å². The Morgan fingerprint density at radius 3 is 2.56 bits per heavy atom. The van der Waals surface area contributed by atoms with Gasteiger partial charge in [-0.15, -0.1) is 0 Å². The summed E-state index contributed by atoms with van der Waals surface area (Å²) in [6, 6.07) is 6.28. The number of rotatable bonds is 5. The molecule has 0 aromatic heterocycles. The van der Waals surface area contributed by atoms with Crippen molar-refractivity contribution in [3.8, 4) is 0 Å². The molecular weight excluding hydrogens is 347 g/mol. The first-order valence-corrected chi connectivity index (χ1v) is 9.60. The molecule has 0 bridgehead atoms. The molecule has 6 heteroatoms. The van der Waals surface area contributed by atoms with Gasteiger partial charge in [0.15, 0.2) is 0 Å². The van der Waals surface area contributed by atoms with Crippen LogP contribution in [-0.2, 0) is 16.0 Å². The zero-order chi connectivity index (χ0) is 20.0. The van der Waals surface area contributed by atoms with Crippen LogP contribution in [0.2, 0.25) is 0 Å². The minimum Gasteiger partial charge on any atom is -0.444 e. The van der Waals surface area contributed by atoms with Crippen molar-refractivity contribution in [2.24, 2.45) is 5.92 Å². The second-order valence-electron chi connectivity index (χ2n) is 8.34. The topological polar surface area (TPSA) is 49.9 Å². The number of carbonyl (C=O) groups excluding carboxylic acids is 2. The summed E-state index contributed by atoms with van der Waals surface area (Å²) in [7, 11) is 1.74. The van der Waals surface area contributed by atoms with Gasteiger partial charge in [-0.2, -0.15) is 0 Å². The second-order valence-corrected chi connectivity index (χ2v) is 8.34. The van der Waals surface area contributed by atoms with Crippen molar-refractivity contribution in [3.63, 3.8) is 0 Å². The standard InChI is InChI=1S/C21H31FN2O3/c1-21(2,3)27-20(26)23(4)14-17-6-5-13-24(15-17)19(25)12-9-16-7-10-18(22)11-8-16/h7-8,10-11,17H,5-6,9,12-15H2,1-4H3. The molecule has 1 fully saturated rings. The predicted molar refractivity (Wildman–Crippen MR) is 103 cm³/mol. The van der Waals surface area contributed by atoms with Crippen molar-refractivity contribution in [1.82, 2.24) is 9.80 Å². The smallest absolute Gasteiger partial charge is 0.410 e. The molecule has 150 valence electrons.